The van der Waals surface area contributed by atoms with E-state index in [0.717, 1.165) is 30.7 Å². The zero-order chi connectivity index (χ0) is 17.5. The van der Waals surface area contributed by atoms with Gasteiger partial charge in [-0.3, -0.25) is 4.79 Å². The van der Waals surface area contributed by atoms with E-state index in [1.807, 2.05) is 13.8 Å². The zero-order valence-corrected chi connectivity index (χ0v) is 13.3. The highest BCUT2D eigenvalue weighted by atomic mass is 19.4. The Balaban J connectivity index is 0.000000379. The van der Waals surface area contributed by atoms with Gasteiger partial charge in [-0.05, 0) is 43.0 Å². The van der Waals surface area contributed by atoms with Gasteiger partial charge in [-0.25, -0.2) is 0 Å². The number of carbonyl (C=O) groups excluding carboxylic acids is 1. The summed E-state index contributed by atoms with van der Waals surface area (Å²) in [7, 11) is 0. The van der Waals surface area contributed by atoms with Crippen molar-refractivity contribution in [1.29, 1.82) is 0 Å². The molecule has 2 atom stereocenters. The molecule has 2 unspecified atom stereocenters. The monoisotopic (exact) mass is 332 g/mol. The zero-order valence-electron chi connectivity index (χ0n) is 13.3. The van der Waals surface area contributed by atoms with Gasteiger partial charge in [0.2, 0.25) is 0 Å². The number of hydrogen-bond acceptors (Lipinski definition) is 4. The smallest absolute Gasteiger partial charge is 0.416 e. The summed E-state index contributed by atoms with van der Waals surface area (Å²) < 4.78 is 42.0. The molecule has 0 bridgehead atoms. The molecule has 0 aromatic heterocycles. The molecule has 130 valence electrons. The third-order valence-electron chi connectivity index (χ3n) is 3.56. The normalized spacial score (nSPS) is 19.7. The van der Waals surface area contributed by atoms with E-state index in [1.165, 1.54) is 6.07 Å². The number of fused-ring (bicyclic) bond motifs is 1. The standard InChI is InChI=1S/C12H15F3N2.C4H8O2/c1-2-8-6-10(16)9-5-7(12(13,14)15)3-4-11(9)17-8;1-2-3-6-4-5/h3-5,8,10,17H,2,6,16H2,1H3;4H,2-3H2,1H3. The molecule has 0 fully saturated rings. The number of alkyl halides is 3. The van der Waals surface area contributed by atoms with E-state index in [9.17, 15) is 18.0 Å². The molecule has 0 spiro atoms. The molecule has 0 saturated carbocycles. The molecule has 1 aliphatic heterocycles. The lowest BCUT2D eigenvalue weighted by Crippen LogP contribution is -2.31. The van der Waals surface area contributed by atoms with E-state index in [-0.39, 0.29) is 12.1 Å². The number of nitrogens with two attached hydrogens (primary N) is 1. The summed E-state index contributed by atoms with van der Waals surface area (Å²) in [6.45, 7) is 4.98. The molecule has 0 radical (unpaired) electrons. The summed E-state index contributed by atoms with van der Waals surface area (Å²) in [6.07, 6.45) is -1.83. The Kier molecular flexibility index (Phi) is 7.35. The van der Waals surface area contributed by atoms with Crippen LogP contribution in [-0.4, -0.2) is 19.1 Å². The minimum atomic E-state index is -4.31. The van der Waals surface area contributed by atoms with E-state index in [2.05, 4.69) is 10.1 Å². The maximum Gasteiger partial charge on any atom is 0.416 e. The van der Waals surface area contributed by atoms with E-state index in [4.69, 9.17) is 5.73 Å². The minimum Gasteiger partial charge on any atom is -0.468 e. The van der Waals surface area contributed by atoms with Crippen molar-refractivity contribution < 1.29 is 22.7 Å². The van der Waals surface area contributed by atoms with Gasteiger partial charge in [0, 0.05) is 17.8 Å². The van der Waals surface area contributed by atoms with Crippen LogP contribution in [-0.2, 0) is 15.7 Å². The van der Waals surface area contributed by atoms with E-state index < -0.39 is 11.7 Å². The average molecular weight is 332 g/mol. The lowest BCUT2D eigenvalue weighted by molar-refractivity contribution is -0.137. The van der Waals surface area contributed by atoms with Gasteiger partial charge in [-0.15, -0.1) is 0 Å². The van der Waals surface area contributed by atoms with Crippen LogP contribution in [0, 0.1) is 0 Å². The number of halogens is 3. The van der Waals surface area contributed by atoms with Crippen molar-refractivity contribution in [2.45, 2.75) is 51.4 Å². The fraction of sp³-hybridized carbons (Fsp3) is 0.562. The lowest BCUT2D eigenvalue weighted by Gasteiger charge is -2.31. The highest BCUT2D eigenvalue weighted by Gasteiger charge is 2.32. The SMILES string of the molecule is CCC1CC(N)c2cc(C(F)(F)F)ccc2N1.CCCOC=O. The van der Waals surface area contributed by atoms with E-state index in [1.54, 1.807) is 0 Å². The number of ether oxygens (including phenoxy) is 1. The fourth-order valence-electron chi connectivity index (χ4n) is 2.32. The molecular formula is C16H23F3N2O2. The first-order valence-electron chi connectivity index (χ1n) is 7.61. The third-order valence-corrected chi connectivity index (χ3v) is 3.56. The van der Waals surface area contributed by atoms with Crippen molar-refractivity contribution in [3.63, 3.8) is 0 Å². The minimum absolute atomic E-state index is 0.245. The van der Waals surface area contributed by atoms with E-state index in [0.29, 0.717) is 25.1 Å². The van der Waals surface area contributed by atoms with Gasteiger partial charge >= 0.3 is 6.18 Å². The molecule has 4 nitrogen and oxygen atoms in total. The molecule has 7 heteroatoms. The second kappa shape index (κ2) is 8.76. The van der Waals surface area contributed by atoms with E-state index >= 15 is 0 Å². The molecule has 1 heterocycles. The summed E-state index contributed by atoms with van der Waals surface area (Å²) in [4.78, 5) is 9.34. The number of anilines is 1. The van der Waals surface area contributed by atoms with Crippen LogP contribution < -0.4 is 11.1 Å². The first-order valence-corrected chi connectivity index (χ1v) is 7.61. The topological polar surface area (TPSA) is 64.3 Å². The summed E-state index contributed by atoms with van der Waals surface area (Å²) in [5.41, 5.74) is 6.57. The van der Waals surface area contributed by atoms with Crippen molar-refractivity contribution in [1.82, 2.24) is 0 Å². The van der Waals surface area contributed by atoms with Gasteiger partial charge in [-0.2, -0.15) is 13.2 Å². The van der Waals surface area contributed by atoms with Gasteiger partial charge in [-0.1, -0.05) is 13.8 Å². The van der Waals surface area contributed by atoms with Crippen molar-refractivity contribution in [2.75, 3.05) is 11.9 Å². The Morgan fingerprint density at radius 2 is 2.09 bits per heavy atom. The molecule has 1 aromatic rings. The van der Waals surface area contributed by atoms with Crippen molar-refractivity contribution in [3.05, 3.63) is 29.3 Å². The average Bonchev–Trinajstić information content (AvgIpc) is 2.52. The molecule has 0 saturated heterocycles. The summed E-state index contributed by atoms with van der Waals surface area (Å²) in [6, 6.07) is 3.64. The molecule has 2 rings (SSSR count). The summed E-state index contributed by atoms with van der Waals surface area (Å²) in [5, 5.41) is 3.21. The highest BCUT2D eigenvalue weighted by molar-refractivity contribution is 5.57. The summed E-state index contributed by atoms with van der Waals surface area (Å²) in [5.74, 6) is 0. The molecule has 23 heavy (non-hydrogen) atoms. The molecule has 1 aliphatic rings. The molecule has 3 N–H and O–H groups in total. The Labute approximate surface area is 134 Å². The lowest BCUT2D eigenvalue weighted by atomic mass is 9.91. The molecule has 1 aromatic carbocycles. The fourth-order valence-corrected chi connectivity index (χ4v) is 2.32. The number of hydrogen-bond donors (Lipinski definition) is 2. The number of carbonyl (C=O) groups is 1. The Morgan fingerprint density at radius 1 is 1.39 bits per heavy atom. The predicted molar refractivity (Wildman–Crippen MR) is 83.0 cm³/mol. The van der Waals surface area contributed by atoms with Gasteiger partial charge in [0.15, 0.2) is 0 Å². The quantitative estimate of drug-likeness (QED) is 0.649. The highest BCUT2D eigenvalue weighted by Crippen LogP contribution is 2.37. The second-order valence-corrected chi connectivity index (χ2v) is 5.36. The van der Waals surface area contributed by atoms with Crippen LogP contribution in [0.25, 0.3) is 0 Å². The van der Waals surface area contributed by atoms with Gasteiger partial charge in [0.1, 0.15) is 0 Å². The second-order valence-electron chi connectivity index (χ2n) is 5.36. The van der Waals surface area contributed by atoms with Gasteiger partial charge < -0.3 is 15.8 Å². The predicted octanol–water partition coefficient (Wildman–Crippen LogP) is 3.87. The molecule has 0 aliphatic carbocycles. The maximum atomic E-state index is 12.6. The molecule has 0 amide bonds. The van der Waals surface area contributed by atoms with Crippen molar-refractivity contribution in [2.24, 2.45) is 5.73 Å². The number of benzene rings is 1. The van der Waals surface area contributed by atoms with Crippen LogP contribution in [0.15, 0.2) is 18.2 Å². The van der Waals surface area contributed by atoms with Crippen molar-refractivity contribution in [3.8, 4) is 0 Å². The maximum absolute atomic E-state index is 12.6. The Bertz CT molecular complexity index is 507. The van der Waals surface area contributed by atoms with Crippen LogP contribution >= 0.6 is 0 Å². The molecular weight excluding hydrogens is 309 g/mol. The summed E-state index contributed by atoms with van der Waals surface area (Å²) >= 11 is 0. The van der Waals surface area contributed by atoms with Crippen LogP contribution in [0.2, 0.25) is 0 Å². The van der Waals surface area contributed by atoms with Crippen LogP contribution in [0.4, 0.5) is 18.9 Å². The van der Waals surface area contributed by atoms with Crippen LogP contribution in [0.1, 0.15) is 50.3 Å². The van der Waals surface area contributed by atoms with Gasteiger partial charge in [0.05, 0.1) is 12.2 Å². The largest absolute Gasteiger partial charge is 0.468 e. The Hall–Kier alpha value is -1.76. The number of nitrogens with one attached hydrogen (secondary N) is 1. The van der Waals surface area contributed by atoms with Crippen LogP contribution in [0.5, 0.6) is 0 Å². The Morgan fingerprint density at radius 3 is 2.57 bits per heavy atom. The van der Waals surface area contributed by atoms with Crippen LogP contribution in [0.3, 0.4) is 0 Å². The third kappa shape index (κ3) is 5.74. The number of rotatable bonds is 4. The van der Waals surface area contributed by atoms with Crippen molar-refractivity contribution >= 4 is 12.2 Å². The first kappa shape index (κ1) is 19.3. The van der Waals surface area contributed by atoms with Gasteiger partial charge in [0.25, 0.3) is 6.47 Å². The first-order chi connectivity index (χ1) is 10.8.